The van der Waals surface area contributed by atoms with Crippen LogP contribution in [0.25, 0.3) is 5.57 Å². The summed E-state index contributed by atoms with van der Waals surface area (Å²) in [4.78, 5) is 28.1. The normalized spacial score (nSPS) is 20.1. The summed E-state index contributed by atoms with van der Waals surface area (Å²) in [7, 11) is 0. The molecule has 6 nitrogen and oxygen atoms in total. The highest BCUT2D eigenvalue weighted by Gasteiger charge is 2.25. The number of allylic oxidation sites excluding steroid dienone is 1. The molecule has 1 aliphatic rings. The molecule has 1 unspecified atom stereocenters. The van der Waals surface area contributed by atoms with Crippen molar-refractivity contribution in [1.82, 2.24) is 9.55 Å². The molecule has 0 aliphatic carbocycles. The van der Waals surface area contributed by atoms with Crippen molar-refractivity contribution in [2.75, 3.05) is 6.61 Å². The van der Waals surface area contributed by atoms with Gasteiger partial charge in [0.05, 0.1) is 12.9 Å². The zero-order valence-electron chi connectivity index (χ0n) is 10.9. The lowest BCUT2D eigenvalue weighted by Crippen LogP contribution is -2.34. The quantitative estimate of drug-likeness (QED) is 0.649. The minimum atomic E-state index is -0.664. The van der Waals surface area contributed by atoms with Gasteiger partial charge in [0.1, 0.15) is 11.4 Å². The molecule has 1 atom stereocenters. The summed E-state index contributed by atoms with van der Waals surface area (Å²) in [6.45, 7) is 3.77. The fraction of sp³-hybridized carbons (Fsp3) is 0.462. The summed E-state index contributed by atoms with van der Waals surface area (Å²) >= 11 is 0. The van der Waals surface area contributed by atoms with Crippen LogP contribution in [-0.2, 0) is 4.74 Å². The molecule has 0 saturated carbocycles. The Bertz CT molecular complexity index is 589. The Labute approximate surface area is 110 Å². The Hall–Kier alpha value is -2.11. The summed E-state index contributed by atoms with van der Waals surface area (Å²) < 4.78 is 6.27. The maximum Gasteiger partial charge on any atom is 0.345 e. The van der Waals surface area contributed by atoms with Gasteiger partial charge in [0, 0.05) is 17.8 Å². The number of carbonyl (C=O) groups excluding carboxylic acids is 1. The summed E-state index contributed by atoms with van der Waals surface area (Å²) in [6, 6.07) is -0.0620. The van der Waals surface area contributed by atoms with Crippen molar-refractivity contribution in [3.8, 4) is 0 Å². The number of fused-ring (bicyclic) bond motifs is 1. The Kier molecular flexibility index (Phi) is 3.69. The SMILES string of the molecule is CCOC(=O)c1cnc2n(c1=O)C(C)CC/C2=C\O. The third-order valence-electron chi connectivity index (χ3n) is 3.20. The Balaban J connectivity index is 2.58. The Morgan fingerprint density at radius 1 is 1.68 bits per heavy atom. The minimum absolute atomic E-state index is 0.0620. The number of rotatable bonds is 2. The van der Waals surface area contributed by atoms with Gasteiger partial charge in [-0.2, -0.15) is 0 Å². The van der Waals surface area contributed by atoms with E-state index < -0.39 is 11.5 Å². The summed E-state index contributed by atoms with van der Waals surface area (Å²) in [5.41, 5.74) is 0.109. The van der Waals surface area contributed by atoms with E-state index in [1.807, 2.05) is 6.92 Å². The minimum Gasteiger partial charge on any atom is -0.515 e. The fourth-order valence-electron chi connectivity index (χ4n) is 2.19. The number of carbonyl (C=O) groups is 1. The predicted molar refractivity (Wildman–Crippen MR) is 69.0 cm³/mol. The van der Waals surface area contributed by atoms with Gasteiger partial charge in [-0.25, -0.2) is 9.78 Å². The molecular weight excluding hydrogens is 248 g/mol. The summed E-state index contributed by atoms with van der Waals surface area (Å²) in [6.07, 6.45) is 3.55. The highest BCUT2D eigenvalue weighted by atomic mass is 16.5. The number of esters is 1. The highest BCUT2D eigenvalue weighted by Crippen LogP contribution is 2.29. The summed E-state index contributed by atoms with van der Waals surface area (Å²) in [5, 5.41) is 9.17. The van der Waals surface area contributed by atoms with Crippen LogP contribution in [-0.4, -0.2) is 27.2 Å². The van der Waals surface area contributed by atoms with Crippen LogP contribution >= 0.6 is 0 Å². The van der Waals surface area contributed by atoms with Crippen LogP contribution in [0.4, 0.5) is 0 Å². The van der Waals surface area contributed by atoms with Gasteiger partial charge in [0.25, 0.3) is 5.56 Å². The highest BCUT2D eigenvalue weighted by molar-refractivity contribution is 5.88. The van der Waals surface area contributed by atoms with Crippen molar-refractivity contribution in [3.63, 3.8) is 0 Å². The average Bonchev–Trinajstić information content (AvgIpc) is 2.39. The number of hydrogen-bond donors (Lipinski definition) is 1. The maximum absolute atomic E-state index is 12.3. The van der Waals surface area contributed by atoms with Crippen LogP contribution in [0.3, 0.4) is 0 Å². The molecule has 0 amide bonds. The summed E-state index contributed by atoms with van der Waals surface area (Å²) in [5.74, 6) is -0.248. The predicted octanol–water partition coefficient (Wildman–Crippen LogP) is 1.67. The van der Waals surface area contributed by atoms with E-state index in [4.69, 9.17) is 9.84 Å². The van der Waals surface area contributed by atoms with E-state index in [2.05, 4.69) is 4.98 Å². The fourth-order valence-corrected chi connectivity index (χ4v) is 2.19. The number of nitrogens with zero attached hydrogens (tertiary/aromatic N) is 2. The first kappa shape index (κ1) is 13.3. The number of aliphatic hydroxyl groups is 1. The molecule has 6 heteroatoms. The van der Waals surface area contributed by atoms with Crippen LogP contribution in [0.15, 0.2) is 17.3 Å². The second-order valence-electron chi connectivity index (χ2n) is 4.43. The van der Waals surface area contributed by atoms with E-state index in [1.54, 1.807) is 6.92 Å². The Morgan fingerprint density at radius 2 is 2.42 bits per heavy atom. The van der Waals surface area contributed by atoms with Gasteiger partial charge in [-0.05, 0) is 26.7 Å². The van der Waals surface area contributed by atoms with Crippen LogP contribution < -0.4 is 5.56 Å². The zero-order valence-corrected chi connectivity index (χ0v) is 10.9. The molecule has 0 aromatic carbocycles. The van der Waals surface area contributed by atoms with Crippen LogP contribution in [0.2, 0.25) is 0 Å². The number of ether oxygens (including phenoxy) is 1. The zero-order chi connectivity index (χ0) is 14.0. The molecule has 2 heterocycles. The lowest BCUT2D eigenvalue weighted by Gasteiger charge is -2.25. The van der Waals surface area contributed by atoms with Crippen molar-refractivity contribution in [2.45, 2.75) is 32.7 Å². The van der Waals surface area contributed by atoms with Crippen molar-refractivity contribution in [1.29, 1.82) is 0 Å². The topological polar surface area (TPSA) is 81.4 Å². The molecule has 102 valence electrons. The van der Waals surface area contributed by atoms with E-state index in [0.29, 0.717) is 24.2 Å². The average molecular weight is 264 g/mol. The number of aliphatic hydroxyl groups excluding tert-OH is 1. The second-order valence-corrected chi connectivity index (χ2v) is 4.43. The lowest BCUT2D eigenvalue weighted by atomic mass is 10.0. The first-order chi connectivity index (χ1) is 9.10. The van der Waals surface area contributed by atoms with Crippen LogP contribution in [0, 0.1) is 0 Å². The molecule has 0 fully saturated rings. The monoisotopic (exact) mass is 264 g/mol. The van der Waals surface area contributed by atoms with E-state index in [-0.39, 0.29) is 18.2 Å². The number of hydrogen-bond acceptors (Lipinski definition) is 5. The van der Waals surface area contributed by atoms with Gasteiger partial charge in [-0.1, -0.05) is 0 Å². The third kappa shape index (κ3) is 2.25. The molecule has 19 heavy (non-hydrogen) atoms. The van der Waals surface area contributed by atoms with Crippen molar-refractivity contribution >= 4 is 11.5 Å². The van der Waals surface area contributed by atoms with Gasteiger partial charge < -0.3 is 9.84 Å². The third-order valence-corrected chi connectivity index (χ3v) is 3.20. The molecule has 1 aliphatic heterocycles. The molecule has 0 spiro atoms. The van der Waals surface area contributed by atoms with Crippen molar-refractivity contribution in [3.05, 3.63) is 34.2 Å². The van der Waals surface area contributed by atoms with E-state index in [0.717, 1.165) is 6.26 Å². The lowest BCUT2D eigenvalue weighted by molar-refractivity contribution is 0.0522. The van der Waals surface area contributed by atoms with Crippen LogP contribution in [0.5, 0.6) is 0 Å². The second kappa shape index (κ2) is 5.26. The maximum atomic E-state index is 12.3. The van der Waals surface area contributed by atoms with Gasteiger partial charge >= 0.3 is 5.97 Å². The largest absolute Gasteiger partial charge is 0.515 e. The van der Waals surface area contributed by atoms with Gasteiger partial charge in [0.2, 0.25) is 0 Å². The van der Waals surface area contributed by atoms with E-state index >= 15 is 0 Å². The molecule has 1 N–H and O–H groups in total. The molecule has 0 radical (unpaired) electrons. The Morgan fingerprint density at radius 3 is 3.05 bits per heavy atom. The molecular formula is C13H16N2O4. The first-order valence-corrected chi connectivity index (χ1v) is 6.22. The molecule has 1 aromatic rings. The number of aromatic nitrogens is 2. The molecule has 2 rings (SSSR count). The molecule has 0 bridgehead atoms. The van der Waals surface area contributed by atoms with Crippen molar-refractivity contribution < 1.29 is 14.6 Å². The van der Waals surface area contributed by atoms with Gasteiger partial charge in [0.15, 0.2) is 0 Å². The van der Waals surface area contributed by atoms with E-state index in [1.165, 1.54) is 10.8 Å². The van der Waals surface area contributed by atoms with Gasteiger partial charge in [-0.15, -0.1) is 0 Å². The molecule has 1 aromatic heterocycles. The van der Waals surface area contributed by atoms with Crippen LogP contribution in [0.1, 0.15) is 48.9 Å². The molecule has 0 saturated heterocycles. The first-order valence-electron chi connectivity index (χ1n) is 6.22. The standard InChI is InChI=1S/C13H16N2O4/c1-3-19-13(18)10-6-14-11-9(7-16)5-4-8(2)15(11)12(10)17/h6-8,16H,3-5H2,1-2H3/b9-7+. The van der Waals surface area contributed by atoms with E-state index in [9.17, 15) is 9.59 Å². The smallest absolute Gasteiger partial charge is 0.345 e. The van der Waals surface area contributed by atoms with Gasteiger partial charge in [-0.3, -0.25) is 9.36 Å². The van der Waals surface area contributed by atoms with Crippen molar-refractivity contribution in [2.24, 2.45) is 0 Å².